The Bertz CT molecular complexity index is 333. The number of anilines is 1. The lowest BCUT2D eigenvalue weighted by molar-refractivity contribution is 0.340. The van der Waals surface area contributed by atoms with E-state index in [0.717, 1.165) is 18.3 Å². The van der Waals surface area contributed by atoms with Gasteiger partial charge in [-0.3, -0.25) is 0 Å². The Hall–Kier alpha value is -1.18. The number of rotatable bonds is 4. The highest BCUT2D eigenvalue weighted by atomic mass is 16.5. The van der Waals surface area contributed by atoms with Crippen molar-refractivity contribution in [1.82, 2.24) is 0 Å². The molecule has 1 saturated carbocycles. The molecule has 1 N–H and O–H groups in total. The average molecular weight is 233 g/mol. The summed E-state index contributed by atoms with van der Waals surface area (Å²) in [7, 11) is 0. The summed E-state index contributed by atoms with van der Waals surface area (Å²) in [5.74, 6) is 1.82. The standard InChI is InChI=1S/C15H23NO/c1-3-17-15-9-7-13(8-10-15)16-14-6-4-5-12(2)11-14/h7-10,12,14,16H,3-6,11H2,1-2H3. The molecule has 2 heteroatoms. The molecular weight excluding hydrogens is 210 g/mol. The van der Waals surface area contributed by atoms with Crippen LogP contribution in [0.5, 0.6) is 5.75 Å². The van der Waals surface area contributed by atoms with E-state index in [0.29, 0.717) is 6.04 Å². The number of ether oxygens (including phenoxy) is 1. The van der Waals surface area contributed by atoms with Gasteiger partial charge in [0.2, 0.25) is 0 Å². The molecule has 0 radical (unpaired) electrons. The maximum atomic E-state index is 5.44. The first kappa shape index (κ1) is 12.3. The Balaban J connectivity index is 1.89. The zero-order chi connectivity index (χ0) is 12.1. The van der Waals surface area contributed by atoms with E-state index >= 15 is 0 Å². The molecule has 0 saturated heterocycles. The zero-order valence-electron chi connectivity index (χ0n) is 10.9. The summed E-state index contributed by atoms with van der Waals surface area (Å²) >= 11 is 0. The first-order valence-corrected chi connectivity index (χ1v) is 6.77. The van der Waals surface area contributed by atoms with Gasteiger partial charge in [-0.25, -0.2) is 0 Å². The van der Waals surface area contributed by atoms with Crippen LogP contribution in [0.15, 0.2) is 24.3 Å². The van der Waals surface area contributed by atoms with Crippen molar-refractivity contribution in [3.8, 4) is 5.75 Å². The van der Waals surface area contributed by atoms with E-state index in [-0.39, 0.29) is 0 Å². The summed E-state index contributed by atoms with van der Waals surface area (Å²) in [4.78, 5) is 0. The molecule has 1 fully saturated rings. The lowest BCUT2D eigenvalue weighted by Gasteiger charge is -2.28. The van der Waals surface area contributed by atoms with E-state index in [1.807, 2.05) is 19.1 Å². The first-order chi connectivity index (χ1) is 8.28. The Morgan fingerprint density at radius 1 is 1.24 bits per heavy atom. The molecule has 17 heavy (non-hydrogen) atoms. The minimum absolute atomic E-state index is 0.650. The number of hydrogen-bond acceptors (Lipinski definition) is 2. The summed E-state index contributed by atoms with van der Waals surface area (Å²) in [6.45, 7) is 5.09. The molecule has 2 unspecified atom stereocenters. The van der Waals surface area contributed by atoms with Crippen molar-refractivity contribution in [2.75, 3.05) is 11.9 Å². The predicted octanol–water partition coefficient (Wildman–Crippen LogP) is 4.08. The summed E-state index contributed by atoms with van der Waals surface area (Å²) < 4.78 is 5.44. The highest BCUT2D eigenvalue weighted by Gasteiger charge is 2.18. The van der Waals surface area contributed by atoms with Crippen molar-refractivity contribution in [2.24, 2.45) is 5.92 Å². The van der Waals surface area contributed by atoms with Crippen molar-refractivity contribution in [3.05, 3.63) is 24.3 Å². The van der Waals surface area contributed by atoms with Crippen molar-refractivity contribution in [3.63, 3.8) is 0 Å². The normalized spacial score (nSPS) is 24.4. The average Bonchev–Trinajstić information content (AvgIpc) is 2.32. The molecule has 1 aliphatic rings. The zero-order valence-corrected chi connectivity index (χ0v) is 10.9. The van der Waals surface area contributed by atoms with Gasteiger partial charge in [-0.05, 0) is 49.9 Å². The quantitative estimate of drug-likeness (QED) is 0.846. The molecular formula is C15H23NO. The second-order valence-corrected chi connectivity index (χ2v) is 5.07. The number of nitrogens with one attached hydrogen (secondary N) is 1. The highest BCUT2D eigenvalue weighted by molar-refractivity contribution is 5.47. The molecule has 94 valence electrons. The molecule has 0 bridgehead atoms. The van der Waals surface area contributed by atoms with Crippen LogP contribution in [-0.4, -0.2) is 12.6 Å². The third kappa shape index (κ3) is 3.65. The van der Waals surface area contributed by atoms with Gasteiger partial charge < -0.3 is 10.1 Å². The van der Waals surface area contributed by atoms with E-state index < -0.39 is 0 Å². The van der Waals surface area contributed by atoms with Gasteiger partial charge in [0, 0.05) is 11.7 Å². The Kier molecular flexibility index (Phi) is 4.29. The fourth-order valence-corrected chi connectivity index (χ4v) is 2.61. The topological polar surface area (TPSA) is 21.3 Å². The Morgan fingerprint density at radius 3 is 2.65 bits per heavy atom. The molecule has 0 aromatic heterocycles. The minimum Gasteiger partial charge on any atom is -0.494 e. The predicted molar refractivity (Wildman–Crippen MR) is 72.7 cm³/mol. The summed E-state index contributed by atoms with van der Waals surface area (Å²) in [5.41, 5.74) is 1.22. The summed E-state index contributed by atoms with van der Waals surface area (Å²) in [6.07, 6.45) is 5.35. The van der Waals surface area contributed by atoms with E-state index in [2.05, 4.69) is 24.4 Å². The fourth-order valence-electron chi connectivity index (χ4n) is 2.61. The van der Waals surface area contributed by atoms with E-state index in [1.165, 1.54) is 31.4 Å². The summed E-state index contributed by atoms with van der Waals surface area (Å²) in [5, 5.41) is 3.63. The number of hydrogen-bond donors (Lipinski definition) is 1. The molecule has 1 aliphatic carbocycles. The van der Waals surface area contributed by atoms with Crippen LogP contribution < -0.4 is 10.1 Å². The molecule has 2 atom stereocenters. The lowest BCUT2D eigenvalue weighted by atomic mass is 9.87. The second kappa shape index (κ2) is 5.95. The first-order valence-electron chi connectivity index (χ1n) is 6.77. The molecule has 0 amide bonds. The third-order valence-corrected chi connectivity index (χ3v) is 3.47. The van der Waals surface area contributed by atoms with Crippen molar-refractivity contribution in [1.29, 1.82) is 0 Å². The van der Waals surface area contributed by atoms with Crippen molar-refractivity contribution < 1.29 is 4.74 Å². The van der Waals surface area contributed by atoms with Gasteiger partial charge >= 0.3 is 0 Å². The molecule has 2 nitrogen and oxygen atoms in total. The fraction of sp³-hybridized carbons (Fsp3) is 0.600. The highest BCUT2D eigenvalue weighted by Crippen LogP contribution is 2.26. The maximum absolute atomic E-state index is 5.44. The van der Waals surface area contributed by atoms with Gasteiger partial charge in [-0.1, -0.05) is 19.8 Å². The van der Waals surface area contributed by atoms with Gasteiger partial charge in [-0.2, -0.15) is 0 Å². The van der Waals surface area contributed by atoms with Gasteiger partial charge in [0.05, 0.1) is 6.61 Å². The Morgan fingerprint density at radius 2 is 2.00 bits per heavy atom. The minimum atomic E-state index is 0.650. The molecule has 1 aromatic carbocycles. The van der Waals surface area contributed by atoms with Crippen LogP contribution in [0.3, 0.4) is 0 Å². The van der Waals surface area contributed by atoms with E-state index in [1.54, 1.807) is 0 Å². The summed E-state index contributed by atoms with van der Waals surface area (Å²) in [6, 6.07) is 8.96. The van der Waals surface area contributed by atoms with Crippen LogP contribution in [0.25, 0.3) is 0 Å². The van der Waals surface area contributed by atoms with E-state index in [9.17, 15) is 0 Å². The van der Waals surface area contributed by atoms with Crippen LogP contribution in [-0.2, 0) is 0 Å². The van der Waals surface area contributed by atoms with Crippen LogP contribution in [0.1, 0.15) is 39.5 Å². The van der Waals surface area contributed by atoms with Gasteiger partial charge in [0.1, 0.15) is 5.75 Å². The van der Waals surface area contributed by atoms with Crippen LogP contribution in [0.2, 0.25) is 0 Å². The van der Waals surface area contributed by atoms with Crippen molar-refractivity contribution >= 4 is 5.69 Å². The lowest BCUT2D eigenvalue weighted by Crippen LogP contribution is -2.26. The maximum Gasteiger partial charge on any atom is 0.119 e. The van der Waals surface area contributed by atoms with Gasteiger partial charge in [0.25, 0.3) is 0 Å². The SMILES string of the molecule is CCOc1ccc(NC2CCCC(C)C2)cc1. The largest absolute Gasteiger partial charge is 0.494 e. The molecule has 0 heterocycles. The van der Waals surface area contributed by atoms with Crippen molar-refractivity contribution in [2.45, 2.75) is 45.6 Å². The van der Waals surface area contributed by atoms with Crippen LogP contribution >= 0.6 is 0 Å². The molecule has 0 aliphatic heterocycles. The van der Waals surface area contributed by atoms with E-state index in [4.69, 9.17) is 4.74 Å². The Labute approximate surface area is 104 Å². The van der Waals surface area contributed by atoms with Crippen LogP contribution in [0.4, 0.5) is 5.69 Å². The van der Waals surface area contributed by atoms with Gasteiger partial charge in [0.15, 0.2) is 0 Å². The smallest absolute Gasteiger partial charge is 0.119 e. The third-order valence-electron chi connectivity index (χ3n) is 3.47. The molecule has 2 rings (SSSR count). The van der Waals surface area contributed by atoms with Gasteiger partial charge in [-0.15, -0.1) is 0 Å². The van der Waals surface area contributed by atoms with Crippen LogP contribution in [0, 0.1) is 5.92 Å². The second-order valence-electron chi connectivity index (χ2n) is 5.07. The number of benzene rings is 1. The molecule has 1 aromatic rings. The monoisotopic (exact) mass is 233 g/mol. The molecule has 0 spiro atoms.